The number of aromatic nitrogens is 1. The zero-order chi connectivity index (χ0) is 7.56. The van der Waals surface area contributed by atoms with Crippen molar-refractivity contribution in [3.8, 4) is 11.5 Å². The van der Waals surface area contributed by atoms with Gasteiger partial charge in [-0.15, -0.1) is 12.4 Å². The number of aryl methyl sites for hydroxylation is 1. The van der Waals surface area contributed by atoms with Crippen LogP contribution < -0.4 is 4.74 Å². The highest BCUT2D eigenvalue weighted by Gasteiger charge is 1.98. The molecule has 1 heterocycles. The van der Waals surface area contributed by atoms with E-state index in [1.165, 1.54) is 12.3 Å². The van der Waals surface area contributed by atoms with Crippen LogP contribution in [0.1, 0.15) is 5.69 Å². The normalized spacial score (nSPS) is 8.55. The minimum Gasteiger partial charge on any atom is -0.506 e. The predicted octanol–water partition coefficient (Wildman–Crippen LogP) is 1.53. The third-order valence-corrected chi connectivity index (χ3v) is 1.25. The average Bonchev–Trinajstić information content (AvgIpc) is 1.94. The molecule has 0 amide bonds. The SMILES string of the molecule is COc1cc(O)cnc1C.Cl. The van der Waals surface area contributed by atoms with Crippen molar-refractivity contribution < 1.29 is 9.84 Å². The number of halogens is 1. The lowest BCUT2D eigenvalue weighted by molar-refractivity contribution is 0.401. The number of pyridine rings is 1. The minimum absolute atomic E-state index is 0. The highest BCUT2D eigenvalue weighted by atomic mass is 35.5. The van der Waals surface area contributed by atoms with Crippen LogP contribution in [0, 0.1) is 6.92 Å². The summed E-state index contributed by atoms with van der Waals surface area (Å²) in [7, 11) is 1.55. The molecule has 11 heavy (non-hydrogen) atoms. The quantitative estimate of drug-likeness (QED) is 0.704. The van der Waals surface area contributed by atoms with Gasteiger partial charge in [0.2, 0.25) is 0 Å². The molecule has 1 rings (SSSR count). The van der Waals surface area contributed by atoms with E-state index in [0.717, 1.165) is 5.69 Å². The average molecular weight is 176 g/mol. The van der Waals surface area contributed by atoms with Crippen molar-refractivity contribution in [2.75, 3.05) is 7.11 Å². The number of rotatable bonds is 1. The molecular formula is C7H10ClNO2. The Kier molecular flexibility index (Phi) is 3.68. The minimum atomic E-state index is 0. The summed E-state index contributed by atoms with van der Waals surface area (Å²) in [5.41, 5.74) is 0.778. The molecule has 0 unspecified atom stereocenters. The molecule has 0 aliphatic heterocycles. The first kappa shape index (κ1) is 10.0. The maximum atomic E-state index is 8.93. The molecule has 1 aromatic rings. The van der Waals surface area contributed by atoms with Gasteiger partial charge >= 0.3 is 0 Å². The van der Waals surface area contributed by atoms with Gasteiger partial charge in [-0.05, 0) is 6.92 Å². The number of ether oxygens (including phenoxy) is 1. The van der Waals surface area contributed by atoms with Gasteiger partial charge < -0.3 is 9.84 Å². The van der Waals surface area contributed by atoms with Crippen LogP contribution in [0.3, 0.4) is 0 Å². The van der Waals surface area contributed by atoms with Crippen LogP contribution in [0.15, 0.2) is 12.3 Å². The molecular weight excluding hydrogens is 166 g/mol. The van der Waals surface area contributed by atoms with Crippen molar-refractivity contribution >= 4 is 12.4 Å². The van der Waals surface area contributed by atoms with Crippen LogP contribution in [-0.2, 0) is 0 Å². The molecule has 0 aromatic carbocycles. The van der Waals surface area contributed by atoms with Gasteiger partial charge in [-0.3, -0.25) is 4.98 Å². The van der Waals surface area contributed by atoms with Crippen molar-refractivity contribution in [1.82, 2.24) is 4.98 Å². The third-order valence-electron chi connectivity index (χ3n) is 1.25. The van der Waals surface area contributed by atoms with E-state index in [-0.39, 0.29) is 18.2 Å². The fraction of sp³-hybridized carbons (Fsp3) is 0.286. The van der Waals surface area contributed by atoms with Crippen LogP contribution in [0.4, 0.5) is 0 Å². The predicted molar refractivity (Wildman–Crippen MR) is 44.4 cm³/mol. The molecule has 4 heteroatoms. The van der Waals surface area contributed by atoms with Crippen LogP contribution >= 0.6 is 12.4 Å². The summed E-state index contributed by atoms with van der Waals surface area (Å²) >= 11 is 0. The number of methoxy groups -OCH3 is 1. The van der Waals surface area contributed by atoms with Gasteiger partial charge in [0, 0.05) is 6.07 Å². The maximum Gasteiger partial charge on any atom is 0.143 e. The molecule has 62 valence electrons. The summed E-state index contributed by atoms with van der Waals surface area (Å²) in [6.45, 7) is 1.82. The van der Waals surface area contributed by atoms with Crippen LogP contribution in [0.25, 0.3) is 0 Å². The van der Waals surface area contributed by atoms with Gasteiger partial charge in [-0.1, -0.05) is 0 Å². The zero-order valence-corrected chi connectivity index (χ0v) is 7.18. The molecule has 3 nitrogen and oxygen atoms in total. The summed E-state index contributed by atoms with van der Waals surface area (Å²) in [4.78, 5) is 3.87. The summed E-state index contributed by atoms with van der Waals surface area (Å²) in [5, 5.41) is 8.93. The van der Waals surface area contributed by atoms with Gasteiger partial charge in [0.05, 0.1) is 19.0 Å². The van der Waals surface area contributed by atoms with Crippen molar-refractivity contribution in [3.63, 3.8) is 0 Å². The van der Waals surface area contributed by atoms with Crippen molar-refractivity contribution in [2.24, 2.45) is 0 Å². The standard InChI is InChI=1S/C7H9NO2.ClH/c1-5-7(10-2)3-6(9)4-8-5;/h3-4,9H,1-2H3;1H. The Bertz CT molecular complexity index is 240. The Balaban J connectivity index is 0.000001000. The first-order chi connectivity index (χ1) is 4.74. The fourth-order valence-corrected chi connectivity index (χ4v) is 0.709. The van der Waals surface area contributed by atoms with Crippen molar-refractivity contribution in [3.05, 3.63) is 18.0 Å². The Morgan fingerprint density at radius 3 is 2.64 bits per heavy atom. The Morgan fingerprint density at radius 2 is 2.18 bits per heavy atom. The molecule has 0 saturated heterocycles. The number of nitrogens with zero attached hydrogens (tertiary/aromatic N) is 1. The largest absolute Gasteiger partial charge is 0.506 e. The first-order valence-corrected chi connectivity index (χ1v) is 2.93. The zero-order valence-electron chi connectivity index (χ0n) is 6.37. The smallest absolute Gasteiger partial charge is 0.143 e. The van der Waals surface area contributed by atoms with Gasteiger partial charge in [-0.25, -0.2) is 0 Å². The van der Waals surface area contributed by atoms with Gasteiger partial charge in [0.25, 0.3) is 0 Å². The van der Waals surface area contributed by atoms with E-state index < -0.39 is 0 Å². The summed E-state index contributed by atoms with van der Waals surface area (Å²) in [5.74, 6) is 0.738. The van der Waals surface area contributed by atoms with E-state index in [9.17, 15) is 0 Å². The Hall–Kier alpha value is -0.960. The van der Waals surface area contributed by atoms with E-state index in [2.05, 4.69) is 4.98 Å². The molecule has 0 fully saturated rings. The summed E-state index contributed by atoms with van der Waals surface area (Å²) in [6.07, 6.45) is 1.39. The Morgan fingerprint density at radius 1 is 1.55 bits per heavy atom. The van der Waals surface area contributed by atoms with E-state index in [4.69, 9.17) is 9.84 Å². The molecule has 0 radical (unpaired) electrons. The fourth-order valence-electron chi connectivity index (χ4n) is 0.709. The maximum absolute atomic E-state index is 8.93. The molecule has 0 aliphatic carbocycles. The lowest BCUT2D eigenvalue weighted by Gasteiger charge is -2.01. The van der Waals surface area contributed by atoms with Crippen LogP contribution in [-0.4, -0.2) is 17.2 Å². The molecule has 0 aliphatic rings. The third kappa shape index (κ3) is 2.27. The highest BCUT2D eigenvalue weighted by molar-refractivity contribution is 5.85. The van der Waals surface area contributed by atoms with Crippen LogP contribution in [0.5, 0.6) is 11.5 Å². The van der Waals surface area contributed by atoms with Crippen molar-refractivity contribution in [1.29, 1.82) is 0 Å². The lowest BCUT2D eigenvalue weighted by Crippen LogP contribution is -1.88. The van der Waals surface area contributed by atoms with E-state index in [1.807, 2.05) is 6.92 Å². The van der Waals surface area contributed by atoms with E-state index >= 15 is 0 Å². The second-order valence-electron chi connectivity index (χ2n) is 1.98. The van der Waals surface area contributed by atoms with Gasteiger partial charge in [-0.2, -0.15) is 0 Å². The summed E-state index contributed by atoms with van der Waals surface area (Å²) in [6, 6.07) is 1.53. The monoisotopic (exact) mass is 175 g/mol. The van der Waals surface area contributed by atoms with Crippen LogP contribution in [0.2, 0.25) is 0 Å². The molecule has 0 spiro atoms. The number of aromatic hydroxyl groups is 1. The topological polar surface area (TPSA) is 42.4 Å². The number of hydrogen-bond acceptors (Lipinski definition) is 3. The van der Waals surface area contributed by atoms with E-state index in [1.54, 1.807) is 7.11 Å². The van der Waals surface area contributed by atoms with Gasteiger partial charge in [0.15, 0.2) is 0 Å². The molecule has 0 bridgehead atoms. The second-order valence-corrected chi connectivity index (χ2v) is 1.98. The number of hydrogen-bond donors (Lipinski definition) is 1. The molecule has 0 saturated carbocycles. The highest BCUT2D eigenvalue weighted by Crippen LogP contribution is 2.19. The molecule has 0 atom stereocenters. The second kappa shape index (κ2) is 4.03. The van der Waals surface area contributed by atoms with Crippen molar-refractivity contribution in [2.45, 2.75) is 6.92 Å². The Labute approximate surface area is 71.4 Å². The van der Waals surface area contributed by atoms with Gasteiger partial charge in [0.1, 0.15) is 11.5 Å². The van der Waals surface area contributed by atoms with E-state index in [0.29, 0.717) is 5.75 Å². The molecule has 1 N–H and O–H groups in total. The molecule has 1 aromatic heterocycles. The lowest BCUT2D eigenvalue weighted by atomic mass is 10.3. The first-order valence-electron chi connectivity index (χ1n) is 2.93. The summed E-state index contributed by atoms with van der Waals surface area (Å²) < 4.78 is 4.90.